The number of nitrogens with one attached hydrogen (secondary N) is 2. The standard InChI is InChI=1S/C18H29N3O3S.ClH/c1-14(15-8-6-10-19-12-15)11-18(22)20-13-16-7-4-5-9-17(16)25(23,24)21(2)3;/h4-5,7,9,14-15,19H,6,8,10-13H2,1-3H3,(H,20,22);1H. The Balaban J connectivity index is 0.00000338. The van der Waals surface area contributed by atoms with E-state index in [0.717, 1.165) is 25.9 Å². The Morgan fingerprint density at radius 3 is 2.65 bits per heavy atom. The van der Waals surface area contributed by atoms with Crippen LogP contribution in [0.4, 0.5) is 0 Å². The minimum absolute atomic E-state index is 0. The summed E-state index contributed by atoms with van der Waals surface area (Å²) in [4.78, 5) is 12.5. The average molecular weight is 404 g/mol. The lowest BCUT2D eigenvalue weighted by atomic mass is 9.85. The van der Waals surface area contributed by atoms with Crippen molar-refractivity contribution in [2.75, 3.05) is 27.2 Å². The van der Waals surface area contributed by atoms with Crippen LogP contribution in [0.1, 0.15) is 31.7 Å². The fourth-order valence-corrected chi connectivity index (χ4v) is 4.30. The molecule has 0 radical (unpaired) electrons. The normalized spacial score (nSPS) is 18.8. The van der Waals surface area contributed by atoms with Crippen molar-refractivity contribution in [2.24, 2.45) is 11.8 Å². The lowest BCUT2D eigenvalue weighted by Crippen LogP contribution is -2.35. The second-order valence-electron chi connectivity index (χ2n) is 6.96. The molecule has 8 heteroatoms. The minimum atomic E-state index is -3.52. The van der Waals surface area contributed by atoms with Crippen LogP contribution in [-0.4, -0.2) is 45.8 Å². The number of piperidine rings is 1. The summed E-state index contributed by atoms with van der Waals surface area (Å²) in [5, 5.41) is 6.26. The lowest BCUT2D eigenvalue weighted by Gasteiger charge is -2.28. The minimum Gasteiger partial charge on any atom is -0.352 e. The van der Waals surface area contributed by atoms with E-state index < -0.39 is 10.0 Å². The number of carbonyl (C=O) groups is 1. The van der Waals surface area contributed by atoms with Gasteiger partial charge in [0.15, 0.2) is 0 Å². The molecule has 26 heavy (non-hydrogen) atoms. The highest BCUT2D eigenvalue weighted by Crippen LogP contribution is 2.23. The van der Waals surface area contributed by atoms with Crippen molar-refractivity contribution in [1.29, 1.82) is 0 Å². The van der Waals surface area contributed by atoms with Crippen molar-refractivity contribution in [3.05, 3.63) is 29.8 Å². The highest BCUT2D eigenvalue weighted by atomic mass is 35.5. The van der Waals surface area contributed by atoms with Crippen LogP contribution in [0.2, 0.25) is 0 Å². The average Bonchev–Trinajstić information content (AvgIpc) is 2.60. The zero-order chi connectivity index (χ0) is 18.4. The maximum atomic E-state index is 12.4. The maximum Gasteiger partial charge on any atom is 0.242 e. The second kappa shape index (κ2) is 10.3. The van der Waals surface area contributed by atoms with Gasteiger partial charge in [-0.3, -0.25) is 4.79 Å². The van der Waals surface area contributed by atoms with Gasteiger partial charge in [0.2, 0.25) is 15.9 Å². The number of amides is 1. The van der Waals surface area contributed by atoms with Gasteiger partial charge in [-0.1, -0.05) is 25.1 Å². The zero-order valence-corrected chi connectivity index (χ0v) is 17.3. The molecule has 2 atom stereocenters. The molecule has 1 aromatic carbocycles. The van der Waals surface area contributed by atoms with E-state index in [-0.39, 0.29) is 29.8 Å². The molecule has 1 fully saturated rings. The van der Waals surface area contributed by atoms with Gasteiger partial charge in [0, 0.05) is 27.1 Å². The summed E-state index contributed by atoms with van der Waals surface area (Å²) in [5.41, 5.74) is 0.608. The predicted molar refractivity (Wildman–Crippen MR) is 106 cm³/mol. The van der Waals surface area contributed by atoms with Crippen LogP contribution < -0.4 is 10.6 Å². The molecular formula is C18H30ClN3O3S. The van der Waals surface area contributed by atoms with Crippen molar-refractivity contribution in [3.63, 3.8) is 0 Å². The van der Waals surface area contributed by atoms with E-state index in [1.165, 1.54) is 18.4 Å². The summed E-state index contributed by atoms with van der Waals surface area (Å²) < 4.78 is 26.0. The van der Waals surface area contributed by atoms with E-state index in [1.807, 2.05) is 0 Å². The van der Waals surface area contributed by atoms with Gasteiger partial charge in [-0.15, -0.1) is 12.4 Å². The molecular weight excluding hydrogens is 374 g/mol. The molecule has 1 aromatic rings. The number of hydrogen-bond acceptors (Lipinski definition) is 4. The van der Waals surface area contributed by atoms with Crippen LogP contribution in [0.3, 0.4) is 0 Å². The molecule has 1 amide bonds. The van der Waals surface area contributed by atoms with E-state index in [2.05, 4.69) is 17.6 Å². The van der Waals surface area contributed by atoms with Crippen LogP contribution in [0, 0.1) is 11.8 Å². The third-order valence-corrected chi connectivity index (χ3v) is 6.77. The van der Waals surface area contributed by atoms with E-state index in [9.17, 15) is 13.2 Å². The van der Waals surface area contributed by atoms with Gasteiger partial charge in [-0.2, -0.15) is 0 Å². The van der Waals surface area contributed by atoms with Gasteiger partial charge < -0.3 is 10.6 Å². The first kappa shape index (κ1) is 22.9. The molecule has 1 heterocycles. The molecule has 2 rings (SSSR count). The van der Waals surface area contributed by atoms with Crippen molar-refractivity contribution >= 4 is 28.3 Å². The Bertz CT molecular complexity index is 689. The highest BCUT2D eigenvalue weighted by Gasteiger charge is 2.23. The molecule has 148 valence electrons. The number of carbonyl (C=O) groups excluding carboxylic acids is 1. The molecule has 0 spiro atoms. The van der Waals surface area contributed by atoms with E-state index in [4.69, 9.17) is 0 Å². The molecule has 2 unspecified atom stereocenters. The molecule has 1 saturated heterocycles. The van der Waals surface area contributed by atoms with Gasteiger partial charge in [0.05, 0.1) is 4.90 Å². The topological polar surface area (TPSA) is 78.5 Å². The Morgan fingerprint density at radius 2 is 2.04 bits per heavy atom. The zero-order valence-electron chi connectivity index (χ0n) is 15.7. The van der Waals surface area contributed by atoms with Gasteiger partial charge >= 0.3 is 0 Å². The number of nitrogens with zero attached hydrogens (tertiary/aromatic N) is 1. The van der Waals surface area contributed by atoms with Crippen LogP contribution >= 0.6 is 12.4 Å². The first-order valence-corrected chi connectivity index (χ1v) is 10.2. The van der Waals surface area contributed by atoms with E-state index >= 15 is 0 Å². The SMILES string of the molecule is CC(CC(=O)NCc1ccccc1S(=O)(=O)N(C)C)C1CCCNC1.Cl. The molecule has 0 bridgehead atoms. The molecule has 6 nitrogen and oxygen atoms in total. The van der Waals surface area contributed by atoms with Crippen LogP contribution in [0.25, 0.3) is 0 Å². The lowest BCUT2D eigenvalue weighted by molar-refractivity contribution is -0.122. The smallest absolute Gasteiger partial charge is 0.242 e. The Hall–Kier alpha value is -1.15. The molecule has 1 aliphatic rings. The van der Waals surface area contributed by atoms with Crippen LogP contribution in [0.15, 0.2) is 29.2 Å². The third kappa shape index (κ3) is 5.94. The molecule has 2 N–H and O–H groups in total. The van der Waals surface area contributed by atoms with Gasteiger partial charge in [0.25, 0.3) is 0 Å². The monoisotopic (exact) mass is 403 g/mol. The molecule has 0 saturated carbocycles. The predicted octanol–water partition coefficient (Wildman–Crippen LogP) is 2.00. The van der Waals surface area contributed by atoms with Crippen LogP contribution in [0.5, 0.6) is 0 Å². The van der Waals surface area contributed by atoms with E-state index in [1.54, 1.807) is 24.3 Å². The Labute approximate surface area is 163 Å². The maximum absolute atomic E-state index is 12.4. The number of hydrogen-bond donors (Lipinski definition) is 2. The number of rotatable bonds is 7. The second-order valence-corrected chi connectivity index (χ2v) is 9.08. The highest BCUT2D eigenvalue weighted by molar-refractivity contribution is 7.89. The van der Waals surface area contributed by atoms with Gasteiger partial charge in [-0.25, -0.2) is 12.7 Å². The summed E-state index contributed by atoms with van der Waals surface area (Å²) in [6.45, 7) is 4.37. The molecule has 0 aliphatic carbocycles. The van der Waals surface area contributed by atoms with Crippen molar-refractivity contribution in [1.82, 2.24) is 14.9 Å². The van der Waals surface area contributed by atoms with Crippen molar-refractivity contribution in [3.8, 4) is 0 Å². The quantitative estimate of drug-likeness (QED) is 0.729. The summed E-state index contributed by atoms with van der Waals surface area (Å²) in [7, 11) is -0.513. The number of benzene rings is 1. The van der Waals surface area contributed by atoms with Crippen molar-refractivity contribution < 1.29 is 13.2 Å². The summed E-state index contributed by atoms with van der Waals surface area (Å²) >= 11 is 0. The van der Waals surface area contributed by atoms with Gasteiger partial charge in [-0.05, 0) is 49.4 Å². The Kier molecular flexibility index (Phi) is 9.03. The van der Waals surface area contributed by atoms with Crippen LogP contribution in [-0.2, 0) is 21.4 Å². The third-order valence-electron chi connectivity index (χ3n) is 4.85. The van der Waals surface area contributed by atoms with E-state index in [0.29, 0.717) is 23.8 Å². The summed E-state index contributed by atoms with van der Waals surface area (Å²) in [5.74, 6) is 0.810. The van der Waals surface area contributed by atoms with Crippen molar-refractivity contribution in [2.45, 2.75) is 37.6 Å². The summed E-state index contributed by atoms with van der Waals surface area (Å²) in [6, 6.07) is 6.80. The first-order valence-electron chi connectivity index (χ1n) is 8.80. The first-order chi connectivity index (χ1) is 11.8. The molecule has 0 aromatic heterocycles. The largest absolute Gasteiger partial charge is 0.352 e. The number of halogens is 1. The summed E-state index contributed by atoms with van der Waals surface area (Å²) in [6.07, 6.45) is 2.78. The van der Waals surface area contributed by atoms with Gasteiger partial charge in [0.1, 0.15) is 0 Å². The fraction of sp³-hybridized carbons (Fsp3) is 0.611. The molecule has 1 aliphatic heterocycles. The Morgan fingerprint density at radius 1 is 1.35 bits per heavy atom. The number of sulfonamides is 1. The fourth-order valence-electron chi connectivity index (χ4n) is 3.19.